The second-order valence-electron chi connectivity index (χ2n) is 4.04. The summed E-state index contributed by atoms with van der Waals surface area (Å²) in [6, 6.07) is 6.82. The number of halogens is 1. The molecule has 15 heavy (non-hydrogen) atoms. The van der Waals surface area contributed by atoms with Crippen LogP contribution in [-0.2, 0) is 11.3 Å². The lowest BCUT2D eigenvalue weighted by molar-refractivity contribution is 0.0342. The first-order valence-corrected chi connectivity index (χ1v) is 5.38. The monoisotopic (exact) mass is 209 g/mol. The predicted molar refractivity (Wildman–Crippen MR) is 56.8 cm³/mol. The van der Waals surface area contributed by atoms with Crippen molar-refractivity contribution in [1.82, 2.24) is 0 Å². The molecule has 1 fully saturated rings. The third-order valence-corrected chi connectivity index (χ3v) is 2.91. The van der Waals surface area contributed by atoms with Gasteiger partial charge in [0, 0.05) is 11.6 Å². The Morgan fingerprint density at radius 1 is 1.33 bits per heavy atom. The molecular weight excluding hydrogens is 193 g/mol. The highest BCUT2D eigenvalue weighted by atomic mass is 19.1. The minimum Gasteiger partial charge on any atom is -0.372 e. The summed E-state index contributed by atoms with van der Waals surface area (Å²) < 4.78 is 18.9. The molecule has 0 unspecified atom stereocenters. The van der Waals surface area contributed by atoms with E-state index in [-0.39, 0.29) is 18.0 Å². The molecule has 1 aromatic carbocycles. The van der Waals surface area contributed by atoms with Gasteiger partial charge in [0.05, 0.1) is 12.7 Å². The SMILES string of the molecule is N[C@@H]1CCC[C@H]1OCc1ccccc1F. The van der Waals surface area contributed by atoms with Crippen molar-refractivity contribution in [3.8, 4) is 0 Å². The van der Waals surface area contributed by atoms with Crippen LogP contribution >= 0.6 is 0 Å². The number of benzene rings is 1. The van der Waals surface area contributed by atoms with E-state index >= 15 is 0 Å². The van der Waals surface area contributed by atoms with Crippen LogP contribution in [0.25, 0.3) is 0 Å². The zero-order valence-electron chi connectivity index (χ0n) is 8.66. The lowest BCUT2D eigenvalue weighted by atomic mass is 10.2. The van der Waals surface area contributed by atoms with Crippen molar-refractivity contribution >= 4 is 0 Å². The van der Waals surface area contributed by atoms with E-state index in [2.05, 4.69) is 0 Å². The van der Waals surface area contributed by atoms with E-state index in [0.29, 0.717) is 12.2 Å². The topological polar surface area (TPSA) is 35.2 Å². The molecule has 0 aliphatic heterocycles. The second-order valence-corrected chi connectivity index (χ2v) is 4.04. The smallest absolute Gasteiger partial charge is 0.128 e. The number of ether oxygens (including phenoxy) is 1. The highest BCUT2D eigenvalue weighted by Gasteiger charge is 2.24. The fourth-order valence-corrected chi connectivity index (χ4v) is 1.97. The highest BCUT2D eigenvalue weighted by Crippen LogP contribution is 2.21. The minimum absolute atomic E-state index is 0.101. The van der Waals surface area contributed by atoms with Crippen LogP contribution in [0.5, 0.6) is 0 Å². The Kier molecular flexibility index (Phi) is 3.34. The van der Waals surface area contributed by atoms with E-state index in [9.17, 15) is 4.39 Å². The summed E-state index contributed by atoms with van der Waals surface area (Å²) in [6.07, 6.45) is 3.23. The maximum atomic E-state index is 13.2. The molecule has 0 spiro atoms. The maximum Gasteiger partial charge on any atom is 0.128 e. The zero-order valence-corrected chi connectivity index (χ0v) is 8.66. The molecule has 2 nitrogen and oxygen atoms in total. The van der Waals surface area contributed by atoms with Gasteiger partial charge in [-0.1, -0.05) is 18.2 Å². The van der Waals surface area contributed by atoms with Crippen molar-refractivity contribution in [2.75, 3.05) is 0 Å². The van der Waals surface area contributed by atoms with Gasteiger partial charge in [-0.15, -0.1) is 0 Å². The standard InChI is InChI=1S/C12H16FNO/c13-10-5-2-1-4-9(10)8-15-12-7-3-6-11(12)14/h1-2,4-5,11-12H,3,6-8,14H2/t11-,12-/m1/s1. The molecule has 1 aromatic rings. The van der Waals surface area contributed by atoms with Crippen LogP contribution in [0.1, 0.15) is 24.8 Å². The normalized spacial score (nSPS) is 25.7. The Hall–Kier alpha value is -0.930. The second kappa shape index (κ2) is 4.73. The van der Waals surface area contributed by atoms with Crippen LogP contribution in [0.4, 0.5) is 4.39 Å². The molecule has 3 heteroatoms. The van der Waals surface area contributed by atoms with Crippen LogP contribution in [0.2, 0.25) is 0 Å². The van der Waals surface area contributed by atoms with Crippen molar-refractivity contribution < 1.29 is 9.13 Å². The molecule has 0 aromatic heterocycles. The zero-order chi connectivity index (χ0) is 10.7. The Morgan fingerprint density at radius 3 is 2.80 bits per heavy atom. The molecule has 0 heterocycles. The van der Waals surface area contributed by atoms with E-state index < -0.39 is 0 Å². The summed E-state index contributed by atoms with van der Waals surface area (Å²) >= 11 is 0. The molecule has 2 rings (SSSR count). The van der Waals surface area contributed by atoms with Crippen LogP contribution in [0.15, 0.2) is 24.3 Å². The molecule has 2 atom stereocenters. The molecule has 0 bridgehead atoms. The van der Waals surface area contributed by atoms with E-state index in [0.717, 1.165) is 19.3 Å². The molecule has 1 saturated carbocycles. The summed E-state index contributed by atoms with van der Waals surface area (Å²) in [5, 5.41) is 0. The fourth-order valence-electron chi connectivity index (χ4n) is 1.97. The van der Waals surface area contributed by atoms with Gasteiger partial charge in [0.25, 0.3) is 0 Å². The number of rotatable bonds is 3. The van der Waals surface area contributed by atoms with Crippen molar-refractivity contribution in [3.05, 3.63) is 35.6 Å². The van der Waals surface area contributed by atoms with Gasteiger partial charge < -0.3 is 10.5 Å². The van der Waals surface area contributed by atoms with Crippen molar-refractivity contribution in [3.63, 3.8) is 0 Å². The minimum atomic E-state index is -0.205. The molecule has 0 saturated heterocycles. The summed E-state index contributed by atoms with van der Waals surface area (Å²) in [5.74, 6) is -0.205. The molecule has 1 aliphatic rings. The van der Waals surface area contributed by atoms with Gasteiger partial charge in [-0.3, -0.25) is 0 Å². The molecule has 0 radical (unpaired) electrons. The van der Waals surface area contributed by atoms with Crippen molar-refractivity contribution in [2.45, 2.75) is 38.0 Å². The summed E-state index contributed by atoms with van der Waals surface area (Å²) in [6.45, 7) is 0.324. The largest absolute Gasteiger partial charge is 0.372 e. The summed E-state index contributed by atoms with van der Waals surface area (Å²) in [5.41, 5.74) is 6.47. The van der Waals surface area contributed by atoms with Crippen molar-refractivity contribution in [2.24, 2.45) is 5.73 Å². The Morgan fingerprint density at radius 2 is 2.13 bits per heavy atom. The number of hydrogen-bond donors (Lipinski definition) is 1. The fraction of sp³-hybridized carbons (Fsp3) is 0.500. The first-order chi connectivity index (χ1) is 7.27. The summed E-state index contributed by atoms with van der Waals surface area (Å²) in [4.78, 5) is 0. The maximum absolute atomic E-state index is 13.2. The summed E-state index contributed by atoms with van der Waals surface area (Å²) in [7, 11) is 0. The van der Waals surface area contributed by atoms with Gasteiger partial charge in [0.2, 0.25) is 0 Å². The average Bonchev–Trinajstić information content (AvgIpc) is 2.63. The predicted octanol–water partition coefficient (Wildman–Crippen LogP) is 2.22. The van der Waals surface area contributed by atoms with Crippen LogP contribution in [0.3, 0.4) is 0 Å². The molecule has 2 N–H and O–H groups in total. The first kappa shape index (κ1) is 10.6. The molecular formula is C12H16FNO. The number of nitrogens with two attached hydrogens (primary N) is 1. The average molecular weight is 209 g/mol. The molecule has 1 aliphatic carbocycles. The quantitative estimate of drug-likeness (QED) is 0.828. The number of hydrogen-bond acceptors (Lipinski definition) is 2. The Balaban J connectivity index is 1.90. The Bertz CT molecular complexity index is 329. The van der Waals surface area contributed by atoms with Gasteiger partial charge in [0.15, 0.2) is 0 Å². The third kappa shape index (κ3) is 2.55. The van der Waals surface area contributed by atoms with Crippen LogP contribution in [-0.4, -0.2) is 12.1 Å². The van der Waals surface area contributed by atoms with E-state index in [4.69, 9.17) is 10.5 Å². The van der Waals surface area contributed by atoms with E-state index in [1.807, 2.05) is 6.07 Å². The van der Waals surface area contributed by atoms with Gasteiger partial charge in [-0.25, -0.2) is 4.39 Å². The van der Waals surface area contributed by atoms with Gasteiger partial charge in [0.1, 0.15) is 5.82 Å². The highest BCUT2D eigenvalue weighted by molar-refractivity contribution is 5.16. The van der Waals surface area contributed by atoms with Gasteiger partial charge in [-0.2, -0.15) is 0 Å². The van der Waals surface area contributed by atoms with Crippen LogP contribution < -0.4 is 5.73 Å². The van der Waals surface area contributed by atoms with Crippen molar-refractivity contribution in [1.29, 1.82) is 0 Å². The lowest BCUT2D eigenvalue weighted by Gasteiger charge is -2.16. The van der Waals surface area contributed by atoms with Gasteiger partial charge >= 0.3 is 0 Å². The van der Waals surface area contributed by atoms with E-state index in [1.54, 1.807) is 12.1 Å². The lowest BCUT2D eigenvalue weighted by Crippen LogP contribution is -2.31. The first-order valence-electron chi connectivity index (χ1n) is 5.38. The van der Waals surface area contributed by atoms with Crippen LogP contribution in [0, 0.1) is 5.82 Å². The third-order valence-electron chi connectivity index (χ3n) is 2.91. The van der Waals surface area contributed by atoms with E-state index in [1.165, 1.54) is 6.07 Å². The molecule has 0 amide bonds. The van der Waals surface area contributed by atoms with Gasteiger partial charge in [-0.05, 0) is 25.3 Å². The molecule has 82 valence electrons. The Labute approximate surface area is 89.2 Å².